The maximum Gasteiger partial charge on any atom is 0.411 e. The zero-order valence-corrected chi connectivity index (χ0v) is 13.1. The molecule has 0 unspecified atom stereocenters. The number of carbonyl (C=O) groups excluding carboxylic acids is 1. The minimum Gasteiger partial charge on any atom is -0.480 e. The lowest BCUT2D eigenvalue weighted by Crippen LogP contribution is -2.49. The fraction of sp³-hybridized carbons (Fsp3) is 0.412. The molecule has 1 amide bonds. The minimum atomic E-state index is -1.02. The van der Waals surface area contributed by atoms with Crippen molar-refractivity contribution in [3.63, 3.8) is 0 Å². The maximum absolute atomic E-state index is 12.2. The van der Waals surface area contributed by atoms with Crippen molar-refractivity contribution < 1.29 is 19.4 Å². The van der Waals surface area contributed by atoms with Gasteiger partial charge in [-0.25, -0.2) is 9.59 Å². The number of amides is 1. The molecule has 118 valence electrons. The third-order valence-corrected chi connectivity index (χ3v) is 3.38. The quantitative estimate of drug-likeness (QED) is 0.911. The number of hydrogen-bond acceptors (Lipinski definition) is 3. The lowest BCUT2D eigenvalue weighted by molar-refractivity contribution is -0.142. The average molecular weight is 303 g/mol. The highest BCUT2D eigenvalue weighted by Crippen LogP contribution is 2.27. The van der Waals surface area contributed by atoms with E-state index < -0.39 is 23.7 Å². The predicted molar refractivity (Wildman–Crippen MR) is 83.4 cm³/mol. The first kappa shape index (κ1) is 16.1. The Bertz CT molecular complexity index is 586. The molecule has 5 heteroatoms. The molecular weight excluding hydrogens is 282 g/mol. The predicted octanol–water partition coefficient (Wildman–Crippen LogP) is 3.16. The van der Waals surface area contributed by atoms with Crippen LogP contribution in [0, 0.1) is 0 Å². The monoisotopic (exact) mass is 303 g/mol. The van der Waals surface area contributed by atoms with E-state index >= 15 is 0 Å². The molecule has 1 aliphatic rings. The standard InChI is InChI=1S/C17H21NO4/c1-17(2,3)22-16(21)18-10-9-13(11-14(18)15(19)20)12-7-5-4-6-8-12/h4-9,14H,10-11H2,1-3H3,(H,19,20)/t14-/m1/s1. The molecule has 0 saturated carbocycles. The summed E-state index contributed by atoms with van der Waals surface area (Å²) in [6, 6.07) is 8.70. The van der Waals surface area contributed by atoms with Gasteiger partial charge in [-0.1, -0.05) is 36.4 Å². The van der Waals surface area contributed by atoms with Gasteiger partial charge in [0.05, 0.1) is 0 Å². The molecule has 1 atom stereocenters. The fourth-order valence-corrected chi connectivity index (χ4v) is 2.37. The Labute approximate surface area is 130 Å². The van der Waals surface area contributed by atoms with Crippen molar-refractivity contribution in [3.05, 3.63) is 42.0 Å². The fourth-order valence-electron chi connectivity index (χ4n) is 2.37. The van der Waals surface area contributed by atoms with E-state index in [1.165, 1.54) is 4.90 Å². The molecule has 2 rings (SSSR count). The summed E-state index contributed by atoms with van der Waals surface area (Å²) in [6.07, 6.45) is 1.57. The van der Waals surface area contributed by atoms with Crippen molar-refractivity contribution in [1.29, 1.82) is 0 Å². The summed E-state index contributed by atoms with van der Waals surface area (Å²) in [7, 11) is 0. The largest absolute Gasteiger partial charge is 0.480 e. The van der Waals surface area contributed by atoms with Crippen molar-refractivity contribution in [2.24, 2.45) is 0 Å². The second-order valence-electron chi connectivity index (χ2n) is 6.29. The topological polar surface area (TPSA) is 66.8 Å². The molecule has 22 heavy (non-hydrogen) atoms. The van der Waals surface area contributed by atoms with E-state index in [2.05, 4.69) is 0 Å². The molecule has 0 spiro atoms. The summed E-state index contributed by atoms with van der Waals surface area (Å²) in [5.41, 5.74) is 1.27. The van der Waals surface area contributed by atoms with Gasteiger partial charge in [-0.05, 0) is 31.9 Å². The third-order valence-electron chi connectivity index (χ3n) is 3.38. The van der Waals surface area contributed by atoms with Crippen molar-refractivity contribution in [1.82, 2.24) is 4.90 Å². The Morgan fingerprint density at radius 1 is 1.23 bits per heavy atom. The summed E-state index contributed by atoms with van der Waals surface area (Å²) >= 11 is 0. The molecule has 0 fully saturated rings. The molecule has 1 heterocycles. The normalized spacial score (nSPS) is 18.6. The maximum atomic E-state index is 12.2. The Morgan fingerprint density at radius 2 is 1.86 bits per heavy atom. The average Bonchev–Trinajstić information content (AvgIpc) is 2.45. The second-order valence-corrected chi connectivity index (χ2v) is 6.29. The number of benzene rings is 1. The van der Waals surface area contributed by atoms with Crippen LogP contribution in [0.3, 0.4) is 0 Å². The highest BCUT2D eigenvalue weighted by atomic mass is 16.6. The van der Waals surface area contributed by atoms with Crippen LogP contribution in [0.25, 0.3) is 5.57 Å². The second kappa shape index (κ2) is 6.22. The Balaban J connectivity index is 2.21. The number of hydrogen-bond donors (Lipinski definition) is 1. The van der Waals surface area contributed by atoms with Crippen LogP contribution < -0.4 is 0 Å². The summed E-state index contributed by atoms with van der Waals surface area (Å²) in [4.78, 5) is 25.0. The molecule has 1 aromatic carbocycles. The van der Waals surface area contributed by atoms with E-state index in [1.54, 1.807) is 20.8 Å². The Kier molecular flexibility index (Phi) is 4.54. The van der Waals surface area contributed by atoms with Crippen LogP contribution in [0.2, 0.25) is 0 Å². The number of carbonyl (C=O) groups is 2. The van der Waals surface area contributed by atoms with Crippen molar-refractivity contribution in [3.8, 4) is 0 Å². The van der Waals surface area contributed by atoms with Crippen LogP contribution in [0.15, 0.2) is 36.4 Å². The highest BCUT2D eigenvalue weighted by Gasteiger charge is 2.35. The van der Waals surface area contributed by atoms with Crippen LogP contribution >= 0.6 is 0 Å². The molecule has 0 aliphatic carbocycles. The van der Waals surface area contributed by atoms with Crippen LogP contribution in [-0.2, 0) is 9.53 Å². The van der Waals surface area contributed by atoms with Gasteiger partial charge in [0.15, 0.2) is 0 Å². The summed E-state index contributed by atoms with van der Waals surface area (Å²) in [5, 5.41) is 9.44. The third kappa shape index (κ3) is 3.87. The molecule has 1 aromatic rings. The van der Waals surface area contributed by atoms with Gasteiger partial charge in [0.25, 0.3) is 0 Å². The van der Waals surface area contributed by atoms with Gasteiger partial charge >= 0.3 is 12.1 Å². The van der Waals surface area contributed by atoms with E-state index in [0.29, 0.717) is 0 Å². The first-order chi connectivity index (χ1) is 10.3. The molecule has 1 aliphatic heterocycles. The highest BCUT2D eigenvalue weighted by molar-refractivity contribution is 5.84. The zero-order valence-electron chi connectivity index (χ0n) is 13.1. The van der Waals surface area contributed by atoms with E-state index in [-0.39, 0.29) is 13.0 Å². The van der Waals surface area contributed by atoms with Gasteiger partial charge in [-0.15, -0.1) is 0 Å². The van der Waals surface area contributed by atoms with E-state index in [9.17, 15) is 14.7 Å². The van der Waals surface area contributed by atoms with E-state index in [4.69, 9.17) is 4.74 Å². The SMILES string of the molecule is CC(C)(C)OC(=O)N1CC=C(c2ccccc2)C[C@@H]1C(=O)O. The minimum absolute atomic E-state index is 0.232. The van der Waals surface area contributed by atoms with Crippen LogP contribution in [-0.4, -0.2) is 40.3 Å². The number of ether oxygens (including phenoxy) is 1. The number of aliphatic carboxylic acids is 1. The van der Waals surface area contributed by atoms with Gasteiger partial charge in [0.1, 0.15) is 11.6 Å². The molecular formula is C17H21NO4. The summed E-state index contributed by atoms with van der Waals surface area (Å²) < 4.78 is 5.29. The molecule has 5 nitrogen and oxygen atoms in total. The van der Waals surface area contributed by atoms with Gasteiger partial charge in [-0.2, -0.15) is 0 Å². The van der Waals surface area contributed by atoms with Gasteiger partial charge in [-0.3, -0.25) is 4.90 Å². The summed E-state index contributed by atoms with van der Waals surface area (Å²) in [5.74, 6) is -1.02. The van der Waals surface area contributed by atoms with Gasteiger partial charge in [0, 0.05) is 13.0 Å². The number of carboxylic acids is 1. The number of nitrogens with zero attached hydrogens (tertiary/aromatic N) is 1. The molecule has 0 radical (unpaired) electrons. The first-order valence-electron chi connectivity index (χ1n) is 7.25. The molecule has 0 saturated heterocycles. The molecule has 0 aromatic heterocycles. The number of carboxylic acid groups (broad SMARTS) is 1. The van der Waals surface area contributed by atoms with E-state index in [0.717, 1.165) is 11.1 Å². The lowest BCUT2D eigenvalue weighted by atomic mass is 9.94. The molecule has 0 bridgehead atoms. The lowest BCUT2D eigenvalue weighted by Gasteiger charge is -2.34. The summed E-state index contributed by atoms with van der Waals surface area (Å²) in [6.45, 7) is 5.51. The van der Waals surface area contributed by atoms with Crippen molar-refractivity contribution in [2.75, 3.05) is 6.54 Å². The van der Waals surface area contributed by atoms with Crippen LogP contribution in [0.1, 0.15) is 32.8 Å². The Morgan fingerprint density at radius 3 is 2.41 bits per heavy atom. The zero-order chi connectivity index (χ0) is 16.3. The van der Waals surface area contributed by atoms with Gasteiger partial charge < -0.3 is 9.84 Å². The van der Waals surface area contributed by atoms with E-state index in [1.807, 2.05) is 36.4 Å². The molecule has 1 N–H and O–H groups in total. The van der Waals surface area contributed by atoms with Crippen molar-refractivity contribution >= 4 is 17.6 Å². The smallest absolute Gasteiger partial charge is 0.411 e. The van der Waals surface area contributed by atoms with Gasteiger partial charge in [0.2, 0.25) is 0 Å². The van der Waals surface area contributed by atoms with Crippen LogP contribution in [0.5, 0.6) is 0 Å². The van der Waals surface area contributed by atoms with Crippen molar-refractivity contribution in [2.45, 2.75) is 38.8 Å². The Hall–Kier alpha value is -2.30. The first-order valence-corrected chi connectivity index (χ1v) is 7.25. The number of rotatable bonds is 2. The van der Waals surface area contributed by atoms with Crippen LogP contribution in [0.4, 0.5) is 4.79 Å².